The number of pyridine rings is 1. The molecule has 3 N–H and O–H groups in total. The van der Waals surface area contributed by atoms with Crippen LogP contribution < -0.4 is 11.1 Å². The summed E-state index contributed by atoms with van der Waals surface area (Å²) in [6, 6.07) is 1.88. The second kappa shape index (κ2) is 4.62. The fourth-order valence-electron chi connectivity index (χ4n) is 2.21. The summed E-state index contributed by atoms with van der Waals surface area (Å²) in [5, 5.41) is 3.38. The fraction of sp³-hybridized carbons (Fsp3) is 0.583. The summed E-state index contributed by atoms with van der Waals surface area (Å²) in [6.07, 6.45) is 7.02. The number of rotatable bonds is 4. The number of nitrogen functional groups attached to an aromatic ring is 1. The molecule has 0 atom stereocenters. The first kappa shape index (κ1) is 11.7. The Morgan fingerprint density at radius 2 is 2.31 bits per heavy atom. The van der Waals surface area contributed by atoms with Crippen LogP contribution in [0.5, 0.6) is 0 Å². The molecule has 2 rings (SSSR count). The molecule has 1 heterocycles. The summed E-state index contributed by atoms with van der Waals surface area (Å²) < 4.78 is 0.921. The van der Waals surface area contributed by atoms with E-state index in [-0.39, 0.29) is 0 Å². The predicted octanol–water partition coefficient (Wildman–Crippen LogP) is 3.42. The number of hydrogen-bond donors (Lipinski definition) is 2. The lowest BCUT2D eigenvalue weighted by Crippen LogP contribution is -2.36. The molecule has 0 saturated heterocycles. The minimum absolute atomic E-state index is 0.487. The van der Waals surface area contributed by atoms with E-state index < -0.39 is 0 Å². The maximum Gasteiger partial charge on any atom is 0.149 e. The highest BCUT2D eigenvalue weighted by atomic mass is 79.9. The van der Waals surface area contributed by atoms with Crippen molar-refractivity contribution in [3.63, 3.8) is 0 Å². The van der Waals surface area contributed by atoms with Gasteiger partial charge in [-0.15, -0.1) is 0 Å². The maximum atomic E-state index is 5.90. The van der Waals surface area contributed by atoms with Crippen LogP contribution in [0, 0.1) is 5.41 Å². The highest BCUT2D eigenvalue weighted by Crippen LogP contribution is 2.43. The zero-order valence-electron chi connectivity index (χ0n) is 9.59. The summed E-state index contributed by atoms with van der Waals surface area (Å²) in [5.41, 5.74) is 7.09. The standard InChI is InChI=1S/C12H18BrN3/c1-2-12(4-3-5-12)8-16-11-10(14)6-9(13)7-15-11/h6-7H,2-5,8,14H2,1H3,(H,15,16). The van der Waals surface area contributed by atoms with Gasteiger partial charge < -0.3 is 11.1 Å². The fourth-order valence-corrected chi connectivity index (χ4v) is 2.55. The van der Waals surface area contributed by atoms with Gasteiger partial charge in [0.05, 0.1) is 5.69 Å². The molecule has 1 aliphatic rings. The molecule has 0 spiro atoms. The van der Waals surface area contributed by atoms with E-state index in [1.165, 1.54) is 25.7 Å². The first-order valence-corrected chi connectivity index (χ1v) is 6.59. The van der Waals surface area contributed by atoms with E-state index in [1.807, 2.05) is 6.07 Å². The van der Waals surface area contributed by atoms with E-state index in [9.17, 15) is 0 Å². The SMILES string of the molecule is CCC1(CNc2ncc(Br)cc2N)CCC1. The molecule has 88 valence electrons. The zero-order valence-corrected chi connectivity index (χ0v) is 11.2. The van der Waals surface area contributed by atoms with Crippen molar-refractivity contribution in [2.24, 2.45) is 5.41 Å². The average Bonchev–Trinajstić information content (AvgIpc) is 2.19. The van der Waals surface area contributed by atoms with Gasteiger partial charge in [-0.05, 0) is 46.7 Å². The second-order valence-corrected chi connectivity index (χ2v) is 5.57. The van der Waals surface area contributed by atoms with E-state index in [1.54, 1.807) is 6.20 Å². The quantitative estimate of drug-likeness (QED) is 0.890. The van der Waals surface area contributed by atoms with E-state index in [0.717, 1.165) is 16.8 Å². The van der Waals surface area contributed by atoms with Crippen LogP contribution in [0.1, 0.15) is 32.6 Å². The van der Waals surface area contributed by atoms with Gasteiger partial charge in [0.2, 0.25) is 0 Å². The molecule has 1 aliphatic carbocycles. The molecule has 4 heteroatoms. The van der Waals surface area contributed by atoms with Gasteiger partial charge in [0, 0.05) is 17.2 Å². The first-order chi connectivity index (χ1) is 7.65. The molecule has 16 heavy (non-hydrogen) atoms. The number of hydrogen-bond acceptors (Lipinski definition) is 3. The Morgan fingerprint density at radius 3 is 2.81 bits per heavy atom. The lowest BCUT2D eigenvalue weighted by atomic mass is 9.67. The van der Waals surface area contributed by atoms with E-state index in [4.69, 9.17) is 5.73 Å². The monoisotopic (exact) mass is 283 g/mol. The summed E-state index contributed by atoms with van der Waals surface area (Å²) in [5.74, 6) is 0.808. The van der Waals surface area contributed by atoms with Gasteiger partial charge >= 0.3 is 0 Å². The number of nitrogens with zero attached hydrogens (tertiary/aromatic N) is 1. The number of halogens is 1. The number of nitrogens with two attached hydrogens (primary N) is 1. The Hall–Kier alpha value is -0.770. The van der Waals surface area contributed by atoms with Crippen LogP contribution in [0.2, 0.25) is 0 Å². The Kier molecular flexibility index (Phi) is 3.38. The summed E-state index contributed by atoms with van der Waals surface area (Å²) in [6.45, 7) is 3.25. The van der Waals surface area contributed by atoms with Crippen LogP contribution in [0.4, 0.5) is 11.5 Å². The van der Waals surface area contributed by atoms with Crippen LogP contribution in [-0.2, 0) is 0 Å². The summed E-state index contributed by atoms with van der Waals surface area (Å²) in [7, 11) is 0. The van der Waals surface area contributed by atoms with Gasteiger partial charge in [-0.1, -0.05) is 13.3 Å². The Balaban J connectivity index is 1.99. The predicted molar refractivity (Wildman–Crippen MR) is 71.4 cm³/mol. The van der Waals surface area contributed by atoms with Gasteiger partial charge in [0.25, 0.3) is 0 Å². The third-order valence-corrected chi connectivity index (χ3v) is 4.11. The molecule has 0 aliphatic heterocycles. The van der Waals surface area contributed by atoms with Crippen molar-refractivity contribution in [3.8, 4) is 0 Å². The molecule has 0 amide bonds. The minimum atomic E-state index is 0.487. The zero-order chi connectivity index (χ0) is 11.6. The molecule has 0 unspecified atom stereocenters. The smallest absolute Gasteiger partial charge is 0.149 e. The van der Waals surface area contributed by atoms with Crippen molar-refractivity contribution >= 4 is 27.4 Å². The largest absolute Gasteiger partial charge is 0.396 e. The second-order valence-electron chi connectivity index (χ2n) is 4.65. The Bertz CT molecular complexity index is 369. The normalized spacial score (nSPS) is 17.9. The van der Waals surface area contributed by atoms with Crippen LogP contribution >= 0.6 is 15.9 Å². The number of nitrogens with one attached hydrogen (secondary N) is 1. The van der Waals surface area contributed by atoms with Gasteiger partial charge in [-0.2, -0.15) is 0 Å². The molecule has 3 nitrogen and oxygen atoms in total. The van der Waals surface area contributed by atoms with Crippen molar-refractivity contribution in [2.75, 3.05) is 17.6 Å². The van der Waals surface area contributed by atoms with Crippen molar-refractivity contribution in [3.05, 3.63) is 16.7 Å². The lowest BCUT2D eigenvalue weighted by Gasteiger charge is -2.41. The van der Waals surface area contributed by atoms with Crippen LogP contribution in [0.15, 0.2) is 16.7 Å². The molecule has 1 aromatic rings. The molecule has 1 aromatic heterocycles. The third-order valence-electron chi connectivity index (χ3n) is 3.68. The highest BCUT2D eigenvalue weighted by Gasteiger charge is 2.34. The van der Waals surface area contributed by atoms with Crippen LogP contribution in [-0.4, -0.2) is 11.5 Å². The Labute approximate surface area is 105 Å². The summed E-state index contributed by atoms with van der Waals surface area (Å²) >= 11 is 3.36. The van der Waals surface area contributed by atoms with E-state index >= 15 is 0 Å². The first-order valence-electron chi connectivity index (χ1n) is 5.80. The number of aromatic nitrogens is 1. The molecule has 0 bridgehead atoms. The molecule has 0 aromatic carbocycles. The molecular formula is C12H18BrN3. The highest BCUT2D eigenvalue weighted by molar-refractivity contribution is 9.10. The van der Waals surface area contributed by atoms with Crippen LogP contribution in [0.25, 0.3) is 0 Å². The molecule has 1 saturated carbocycles. The van der Waals surface area contributed by atoms with Crippen molar-refractivity contribution in [1.82, 2.24) is 4.98 Å². The molecule has 0 radical (unpaired) electrons. The van der Waals surface area contributed by atoms with Gasteiger partial charge in [0.15, 0.2) is 0 Å². The molecular weight excluding hydrogens is 266 g/mol. The van der Waals surface area contributed by atoms with Crippen molar-refractivity contribution in [2.45, 2.75) is 32.6 Å². The van der Waals surface area contributed by atoms with E-state index in [2.05, 4.69) is 33.2 Å². The molecule has 1 fully saturated rings. The topological polar surface area (TPSA) is 50.9 Å². The number of anilines is 2. The van der Waals surface area contributed by atoms with Crippen LogP contribution in [0.3, 0.4) is 0 Å². The van der Waals surface area contributed by atoms with Crippen molar-refractivity contribution < 1.29 is 0 Å². The van der Waals surface area contributed by atoms with Crippen molar-refractivity contribution in [1.29, 1.82) is 0 Å². The van der Waals surface area contributed by atoms with Gasteiger partial charge in [-0.3, -0.25) is 0 Å². The maximum absolute atomic E-state index is 5.90. The van der Waals surface area contributed by atoms with Gasteiger partial charge in [-0.25, -0.2) is 4.98 Å². The van der Waals surface area contributed by atoms with Gasteiger partial charge in [0.1, 0.15) is 5.82 Å². The third kappa shape index (κ3) is 2.32. The Morgan fingerprint density at radius 1 is 1.56 bits per heavy atom. The van der Waals surface area contributed by atoms with E-state index in [0.29, 0.717) is 11.1 Å². The average molecular weight is 284 g/mol. The minimum Gasteiger partial charge on any atom is -0.396 e. The lowest BCUT2D eigenvalue weighted by molar-refractivity contribution is 0.145. The summed E-state index contributed by atoms with van der Waals surface area (Å²) in [4.78, 5) is 4.29.